The molecule has 12 nitrogen and oxygen atoms in total. The molecule has 0 aliphatic rings. The van der Waals surface area contributed by atoms with Crippen LogP contribution in [0.1, 0.15) is 32.9 Å². The van der Waals surface area contributed by atoms with Gasteiger partial charge in [-0.05, 0) is 12.8 Å². The molecule has 0 fully saturated rings. The first-order valence-corrected chi connectivity index (χ1v) is 9.57. The highest BCUT2D eigenvalue weighted by Crippen LogP contribution is 2.09. The summed E-state index contributed by atoms with van der Waals surface area (Å²) in [5.74, 6) is -3.58. The number of carboxylic acid groups (broad SMARTS) is 1. The molecular formula is C18H30N6O6. The van der Waals surface area contributed by atoms with E-state index < -0.39 is 54.5 Å². The van der Waals surface area contributed by atoms with E-state index in [0.29, 0.717) is 12.1 Å². The Morgan fingerprint density at radius 3 is 2.33 bits per heavy atom. The summed E-state index contributed by atoms with van der Waals surface area (Å²) >= 11 is 0. The van der Waals surface area contributed by atoms with Gasteiger partial charge >= 0.3 is 5.97 Å². The number of aromatic nitrogens is 2. The number of hydrogen-bond donors (Lipinski definition) is 7. The molecule has 3 amide bonds. The van der Waals surface area contributed by atoms with E-state index in [1.54, 1.807) is 13.1 Å². The van der Waals surface area contributed by atoms with Crippen molar-refractivity contribution < 1.29 is 29.4 Å². The van der Waals surface area contributed by atoms with Crippen molar-refractivity contribution in [2.24, 2.45) is 11.7 Å². The van der Waals surface area contributed by atoms with Crippen molar-refractivity contribution >= 4 is 23.7 Å². The van der Waals surface area contributed by atoms with E-state index in [0.717, 1.165) is 0 Å². The maximum absolute atomic E-state index is 12.5. The number of nitrogens with zero attached hydrogens (tertiary/aromatic N) is 1. The molecule has 12 heteroatoms. The van der Waals surface area contributed by atoms with Gasteiger partial charge in [-0.2, -0.15) is 0 Å². The van der Waals surface area contributed by atoms with Gasteiger partial charge in [0.25, 0.3) is 0 Å². The van der Waals surface area contributed by atoms with Gasteiger partial charge in [-0.1, -0.05) is 20.3 Å². The summed E-state index contributed by atoms with van der Waals surface area (Å²) in [4.78, 5) is 54.6. The van der Waals surface area contributed by atoms with Crippen LogP contribution < -0.4 is 21.7 Å². The number of carbonyl (C=O) groups is 4. The second-order valence-electron chi connectivity index (χ2n) is 7.10. The molecule has 1 aromatic rings. The molecule has 0 aliphatic carbocycles. The monoisotopic (exact) mass is 426 g/mol. The van der Waals surface area contributed by atoms with Crippen LogP contribution in [0.25, 0.3) is 0 Å². The van der Waals surface area contributed by atoms with E-state index in [1.807, 2.05) is 6.92 Å². The second kappa shape index (κ2) is 11.9. The fourth-order valence-corrected chi connectivity index (χ4v) is 2.58. The van der Waals surface area contributed by atoms with E-state index in [-0.39, 0.29) is 12.3 Å². The number of nitrogens with one attached hydrogen (secondary N) is 4. The molecule has 8 N–H and O–H groups in total. The van der Waals surface area contributed by atoms with E-state index in [1.165, 1.54) is 13.3 Å². The van der Waals surface area contributed by atoms with Crippen LogP contribution in [0.5, 0.6) is 0 Å². The Labute approximate surface area is 174 Å². The molecule has 1 aromatic heterocycles. The van der Waals surface area contributed by atoms with Crippen molar-refractivity contribution in [2.45, 2.75) is 57.8 Å². The standard InChI is InChI=1S/C18H30N6O6/c1-4-9(2)14(24-16(27)12(19)5-11-6-20-8-22-11)17(28)21-7-13(26)23-15(10(3)25)18(29)30/h6,8-10,12,14-15,25H,4-5,7,19H2,1-3H3,(H,20,22)(H,21,28)(H,23,26)(H,24,27)(H,29,30). The van der Waals surface area contributed by atoms with Crippen LogP contribution in [-0.2, 0) is 25.6 Å². The molecule has 0 aromatic carbocycles. The molecule has 5 atom stereocenters. The normalized spacial score (nSPS) is 15.9. The third kappa shape index (κ3) is 7.79. The van der Waals surface area contributed by atoms with Crippen LogP contribution in [0.15, 0.2) is 12.5 Å². The number of nitrogens with two attached hydrogens (primary N) is 1. The van der Waals surface area contributed by atoms with Gasteiger partial charge in [-0.25, -0.2) is 9.78 Å². The van der Waals surface area contributed by atoms with Crippen LogP contribution in [0.3, 0.4) is 0 Å². The second-order valence-corrected chi connectivity index (χ2v) is 7.10. The Hall–Kier alpha value is -2.99. The molecule has 168 valence electrons. The zero-order chi connectivity index (χ0) is 22.8. The van der Waals surface area contributed by atoms with E-state index in [9.17, 15) is 24.3 Å². The lowest BCUT2D eigenvalue weighted by Crippen LogP contribution is -2.56. The Morgan fingerprint density at radius 1 is 1.17 bits per heavy atom. The number of imidazole rings is 1. The van der Waals surface area contributed by atoms with Crippen molar-refractivity contribution in [1.82, 2.24) is 25.9 Å². The largest absolute Gasteiger partial charge is 0.480 e. The summed E-state index contributed by atoms with van der Waals surface area (Å²) in [6.07, 6.45) is 2.48. The van der Waals surface area contributed by atoms with E-state index >= 15 is 0 Å². The number of hydrogen-bond acceptors (Lipinski definition) is 7. The van der Waals surface area contributed by atoms with Gasteiger partial charge in [0.2, 0.25) is 17.7 Å². The average molecular weight is 426 g/mol. The topological polar surface area (TPSA) is 200 Å². The fourth-order valence-electron chi connectivity index (χ4n) is 2.58. The van der Waals surface area contributed by atoms with Gasteiger partial charge in [-0.15, -0.1) is 0 Å². The molecule has 0 saturated carbocycles. The predicted molar refractivity (Wildman–Crippen MR) is 106 cm³/mol. The Kier molecular flexibility index (Phi) is 9.92. The Morgan fingerprint density at radius 2 is 1.83 bits per heavy atom. The number of aliphatic carboxylic acids is 1. The quantitative estimate of drug-likeness (QED) is 0.196. The fraction of sp³-hybridized carbons (Fsp3) is 0.611. The van der Waals surface area contributed by atoms with E-state index in [2.05, 4.69) is 25.9 Å². The van der Waals surface area contributed by atoms with Crippen LogP contribution in [-0.4, -0.2) is 74.6 Å². The summed E-state index contributed by atoms with van der Waals surface area (Å²) in [6, 6.07) is -3.34. The number of carboxylic acids is 1. The summed E-state index contributed by atoms with van der Waals surface area (Å²) in [5, 5.41) is 25.5. The highest BCUT2D eigenvalue weighted by atomic mass is 16.4. The van der Waals surface area contributed by atoms with Gasteiger partial charge in [-0.3, -0.25) is 14.4 Å². The van der Waals surface area contributed by atoms with Gasteiger partial charge in [0, 0.05) is 18.3 Å². The van der Waals surface area contributed by atoms with Crippen LogP contribution >= 0.6 is 0 Å². The van der Waals surface area contributed by atoms with Crippen LogP contribution in [0.2, 0.25) is 0 Å². The average Bonchev–Trinajstić information content (AvgIpc) is 3.19. The van der Waals surface area contributed by atoms with Crippen LogP contribution in [0.4, 0.5) is 0 Å². The van der Waals surface area contributed by atoms with Crippen molar-refractivity contribution in [2.75, 3.05) is 6.54 Å². The summed E-state index contributed by atoms with van der Waals surface area (Å²) in [7, 11) is 0. The van der Waals surface area contributed by atoms with Gasteiger partial charge in [0.05, 0.1) is 25.0 Å². The van der Waals surface area contributed by atoms with Gasteiger partial charge in [0.15, 0.2) is 6.04 Å². The first-order valence-electron chi connectivity index (χ1n) is 9.57. The smallest absolute Gasteiger partial charge is 0.328 e. The number of H-pyrrole nitrogens is 1. The summed E-state index contributed by atoms with van der Waals surface area (Å²) < 4.78 is 0. The van der Waals surface area contributed by atoms with Crippen molar-refractivity contribution in [3.63, 3.8) is 0 Å². The van der Waals surface area contributed by atoms with Gasteiger partial charge in [0.1, 0.15) is 6.04 Å². The predicted octanol–water partition coefficient (Wildman–Crippen LogP) is -2.12. The van der Waals surface area contributed by atoms with Crippen molar-refractivity contribution in [1.29, 1.82) is 0 Å². The molecule has 0 radical (unpaired) electrons. The number of carbonyl (C=O) groups excluding carboxylic acids is 3. The maximum atomic E-state index is 12.5. The summed E-state index contributed by atoms with van der Waals surface area (Å²) in [5.41, 5.74) is 6.57. The van der Waals surface area contributed by atoms with Crippen LogP contribution in [0, 0.1) is 5.92 Å². The number of aromatic amines is 1. The molecule has 0 spiro atoms. The molecule has 1 rings (SSSR count). The van der Waals surface area contributed by atoms with E-state index in [4.69, 9.17) is 10.8 Å². The lowest BCUT2D eigenvalue weighted by Gasteiger charge is -2.25. The minimum atomic E-state index is -1.50. The maximum Gasteiger partial charge on any atom is 0.328 e. The zero-order valence-corrected chi connectivity index (χ0v) is 17.2. The van der Waals surface area contributed by atoms with Crippen molar-refractivity contribution in [3.8, 4) is 0 Å². The van der Waals surface area contributed by atoms with Gasteiger partial charge < -0.3 is 36.9 Å². The third-order valence-electron chi connectivity index (χ3n) is 4.61. The lowest BCUT2D eigenvalue weighted by atomic mass is 9.97. The first kappa shape index (κ1) is 25.0. The molecule has 0 aliphatic heterocycles. The summed E-state index contributed by atoms with van der Waals surface area (Å²) in [6.45, 7) is 4.31. The number of aliphatic hydroxyl groups is 1. The number of amides is 3. The Bertz CT molecular complexity index is 723. The Balaban J connectivity index is 2.67. The lowest BCUT2D eigenvalue weighted by molar-refractivity contribution is -0.144. The molecule has 0 saturated heterocycles. The minimum Gasteiger partial charge on any atom is -0.480 e. The minimum absolute atomic E-state index is 0.207. The molecule has 30 heavy (non-hydrogen) atoms. The van der Waals surface area contributed by atoms with Crippen molar-refractivity contribution in [3.05, 3.63) is 18.2 Å². The molecular weight excluding hydrogens is 396 g/mol. The highest BCUT2D eigenvalue weighted by Gasteiger charge is 2.29. The first-order chi connectivity index (χ1) is 14.1. The third-order valence-corrected chi connectivity index (χ3v) is 4.61. The number of aliphatic hydroxyl groups excluding tert-OH is 1. The SMILES string of the molecule is CCC(C)C(NC(=O)C(N)Cc1cnc[nH]1)C(=O)NCC(=O)NC(C(=O)O)C(C)O. The highest BCUT2D eigenvalue weighted by molar-refractivity contribution is 5.92. The molecule has 5 unspecified atom stereocenters. The molecule has 1 heterocycles. The zero-order valence-electron chi connectivity index (χ0n) is 17.2. The number of rotatable bonds is 12. The molecule has 0 bridgehead atoms.